The molecule has 0 radical (unpaired) electrons. The number of methoxy groups -OCH3 is 2. The Morgan fingerprint density at radius 2 is 1.69 bits per heavy atom. The smallest absolute Gasteiger partial charge is 0.416 e. The van der Waals surface area contributed by atoms with Gasteiger partial charge in [0.15, 0.2) is 0 Å². The predicted molar refractivity (Wildman–Crippen MR) is 101 cm³/mol. The first-order valence-electron chi connectivity index (χ1n) is 8.49. The van der Waals surface area contributed by atoms with Gasteiger partial charge in [0.25, 0.3) is 0 Å². The van der Waals surface area contributed by atoms with Crippen LogP contribution in [-0.2, 0) is 33.3 Å². The van der Waals surface area contributed by atoms with Crippen molar-refractivity contribution in [2.24, 2.45) is 0 Å². The van der Waals surface area contributed by atoms with E-state index >= 15 is 0 Å². The first-order valence-corrected chi connectivity index (χ1v) is 8.87. The predicted octanol–water partition coefficient (Wildman–Crippen LogP) is 3.81. The number of hydrogen-bond donors (Lipinski definition) is 1. The first kappa shape index (κ1) is 22.5. The monoisotopic (exact) mass is 429 g/mol. The molecule has 0 saturated heterocycles. The van der Waals surface area contributed by atoms with Crippen molar-refractivity contribution in [3.63, 3.8) is 0 Å². The second kappa shape index (κ2) is 9.65. The van der Waals surface area contributed by atoms with E-state index < -0.39 is 29.7 Å². The summed E-state index contributed by atoms with van der Waals surface area (Å²) in [5.74, 6) is -0.714. The molecule has 2 aromatic carbocycles. The zero-order chi connectivity index (χ0) is 21.6. The largest absolute Gasteiger partial charge is 0.495 e. The summed E-state index contributed by atoms with van der Waals surface area (Å²) in [6.45, 7) is 0. The van der Waals surface area contributed by atoms with Gasteiger partial charge in [0.2, 0.25) is 5.91 Å². The number of amides is 1. The van der Waals surface area contributed by atoms with Gasteiger partial charge in [-0.25, -0.2) is 4.79 Å². The highest BCUT2D eigenvalue weighted by Gasteiger charge is 2.30. The van der Waals surface area contributed by atoms with Crippen molar-refractivity contribution in [1.82, 2.24) is 5.32 Å². The highest BCUT2D eigenvalue weighted by atomic mass is 35.5. The number of carbonyl (C=O) groups excluding carboxylic acids is 2. The summed E-state index contributed by atoms with van der Waals surface area (Å²) in [5, 5.41) is 2.90. The summed E-state index contributed by atoms with van der Waals surface area (Å²) in [4.78, 5) is 24.3. The molecule has 9 heteroatoms. The number of hydrogen-bond acceptors (Lipinski definition) is 4. The molecule has 0 unspecified atom stereocenters. The van der Waals surface area contributed by atoms with Crippen LogP contribution >= 0.6 is 11.6 Å². The SMILES string of the molecule is COC(=O)[C@H](Cc1ccc(OC)c(Cl)c1)NC(=O)Cc1ccc(C(F)(F)F)cc1. The number of ether oxygens (including phenoxy) is 2. The molecule has 156 valence electrons. The molecule has 2 rings (SSSR count). The Kier molecular flexibility index (Phi) is 7.50. The van der Waals surface area contributed by atoms with Crippen molar-refractivity contribution in [1.29, 1.82) is 0 Å². The number of carbonyl (C=O) groups is 2. The Hall–Kier alpha value is -2.74. The maximum Gasteiger partial charge on any atom is 0.416 e. The number of alkyl halides is 3. The maximum absolute atomic E-state index is 12.6. The number of nitrogens with one attached hydrogen (secondary N) is 1. The van der Waals surface area contributed by atoms with Crippen LogP contribution in [0.1, 0.15) is 16.7 Å². The minimum absolute atomic E-state index is 0.120. The highest BCUT2D eigenvalue weighted by molar-refractivity contribution is 6.32. The molecular weight excluding hydrogens is 411 g/mol. The van der Waals surface area contributed by atoms with Gasteiger partial charge in [-0.05, 0) is 35.4 Å². The Morgan fingerprint density at radius 1 is 1.07 bits per heavy atom. The zero-order valence-corrected chi connectivity index (χ0v) is 16.4. The Bertz CT molecular complexity index is 869. The molecular formula is C20H19ClF3NO4. The molecule has 0 heterocycles. The van der Waals surface area contributed by atoms with E-state index in [9.17, 15) is 22.8 Å². The van der Waals surface area contributed by atoms with Gasteiger partial charge in [-0.1, -0.05) is 29.8 Å². The lowest BCUT2D eigenvalue weighted by Gasteiger charge is -2.17. The van der Waals surface area contributed by atoms with Gasteiger partial charge in [0, 0.05) is 6.42 Å². The second-order valence-corrected chi connectivity index (χ2v) is 6.59. The molecule has 1 N–H and O–H groups in total. The molecule has 0 saturated carbocycles. The van der Waals surface area contributed by atoms with Crippen LogP contribution in [0, 0.1) is 0 Å². The van der Waals surface area contributed by atoms with Crippen molar-refractivity contribution in [3.05, 3.63) is 64.2 Å². The fourth-order valence-corrected chi connectivity index (χ4v) is 2.93. The summed E-state index contributed by atoms with van der Waals surface area (Å²) in [6, 6.07) is 8.21. The first-order chi connectivity index (χ1) is 13.6. The van der Waals surface area contributed by atoms with Gasteiger partial charge in [-0.15, -0.1) is 0 Å². The van der Waals surface area contributed by atoms with Crippen LogP contribution in [0.15, 0.2) is 42.5 Å². The van der Waals surface area contributed by atoms with E-state index in [1.54, 1.807) is 18.2 Å². The third-order valence-electron chi connectivity index (χ3n) is 4.12. The van der Waals surface area contributed by atoms with E-state index in [0.717, 1.165) is 12.1 Å². The molecule has 0 aliphatic rings. The van der Waals surface area contributed by atoms with E-state index in [0.29, 0.717) is 21.9 Å². The topological polar surface area (TPSA) is 64.6 Å². The molecule has 2 aromatic rings. The minimum Gasteiger partial charge on any atom is -0.495 e. The van der Waals surface area contributed by atoms with Crippen molar-refractivity contribution in [2.75, 3.05) is 14.2 Å². The van der Waals surface area contributed by atoms with E-state index in [-0.39, 0.29) is 12.8 Å². The third kappa shape index (κ3) is 6.39. The molecule has 1 amide bonds. The molecule has 0 fully saturated rings. The summed E-state index contributed by atoms with van der Waals surface area (Å²) >= 11 is 6.08. The Labute approximate surface area is 170 Å². The highest BCUT2D eigenvalue weighted by Crippen LogP contribution is 2.29. The quantitative estimate of drug-likeness (QED) is 0.680. The third-order valence-corrected chi connectivity index (χ3v) is 4.42. The molecule has 5 nitrogen and oxygen atoms in total. The van der Waals surface area contributed by atoms with Gasteiger partial charge in [0.1, 0.15) is 11.8 Å². The van der Waals surface area contributed by atoms with Gasteiger partial charge in [-0.3, -0.25) is 4.79 Å². The van der Waals surface area contributed by atoms with Gasteiger partial charge >= 0.3 is 12.1 Å². The van der Waals surface area contributed by atoms with E-state index in [1.807, 2.05) is 0 Å². The maximum atomic E-state index is 12.6. The normalized spacial score (nSPS) is 12.2. The van der Waals surface area contributed by atoms with Gasteiger partial charge < -0.3 is 14.8 Å². The van der Waals surface area contributed by atoms with Crippen LogP contribution < -0.4 is 10.1 Å². The molecule has 0 spiro atoms. The lowest BCUT2D eigenvalue weighted by molar-refractivity contribution is -0.145. The molecule has 29 heavy (non-hydrogen) atoms. The molecule has 0 aromatic heterocycles. The van der Waals surface area contributed by atoms with E-state index in [2.05, 4.69) is 5.32 Å². The van der Waals surface area contributed by atoms with Crippen LogP contribution in [0.4, 0.5) is 13.2 Å². The van der Waals surface area contributed by atoms with Crippen molar-refractivity contribution >= 4 is 23.5 Å². The van der Waals surface area contributed by atoms with Crippen LogP contribution in [0.2, 0.25) is 5.02 Å². The summed E-state index contributed by atoms with van der Waals surface area (Å²) in [5.41, 5.74) is 0.248. The lowest BCUT2D eigenvalue weighted by Crippen LogP contribution is -2.43. The van der Waals surface area contributed by atoms with E-state index in [1.165, 1.54) is 26.4 Å². The summed E-state index contributed by atoms with van der Waals surface area (Å²) in [7, 11) is 2.66. The molecule has 1 atom stereocenters. The summed E-state index contributed by atoms with van der Waals surface area (Å²) < 4.78 is 47.6. The lowest BCUT2D eigenvalue weighted by atomic mass is 10.0. The minimum atomic E-state index is -4.45. The van der Waals surface area contributed by atoms with Crippen molar-refractivity contribution in [2.45, 2.75) is 25.1 Å². The van der Waals surface area contributed by atoms with Gasteiger partial charge in [-0.2, -0.15) is 13.2 Å². The van der Waals surface area contributed by atoms with Crippen LogP contribution in [-0.4, -0.2) is 32.1 Å². The number of benzene rings is 2. The molecule has 0 bridgehead atoms. The number of halogens is 4. The van der Waals surface area contributed by atoms with Crippen molar-refractivity contribution < 1.29 is 32.2 Å². The van der Waals surface area contributed by atoms with E-state index in [4.69, 9.17) is 21.1 Å². The Morgan fingerprint density at radius 3 is 2.21 bits per heavy atom. The zero-order valence-electron chi connectivity index (χ0n) is 15.7. The second-order valence-electron chi connectivity index (χ2n) is 6.19. The fourth-order valence-electron chi connectivity index (χ4n) is 2.65. The summed E-state index contributed by atoms with van der Waals surface area (Å²) in [6.07, 6.45) is -4.51. The molecule has 0 aliphatic carbocycles. The number of rotatable bonds is 7. The van der Waals surface area contributed by atoms with Crippen LogP contribution in [0.5, 0.6) is 5.75 Å². The van der Waals surface area contributed by atoms with Gasteiger partial charge in [0.05, 0.1) is 31.2 Å². The van der Waals surface area contributed by atoms with Crippen LogP contribution in [0.25, 0.3) is 0 Å². The average Bonchev–Trinajstić information content (AvgIpc) is 2.66. The number of esters is 1. The standard InChI is InChI=1S/C20H19ClF3NO4/c1-28-17-8-5-13(9-15(17)21)10-16(19(27)29-2)25-18(26)11-12-3-6-14(7-4-12)20(22,23)24/h3-9,16H,10-11H2,1-2H3,(H,25,26)/t16-/m0/s1. The molecule has 0 aliphatic heterocycles. The van der Waals surface area contributed by atoms with Crippen molar-refractivity contribution in [3.8, 4) is 5.75 Å². The fraction of sp³-hybridized carbons (Fsp3) is 0.300. The average molecular weight is 430 g/mol. The Balaban J connectivity index is 2.06. The van der Waals surface area contributed by atoms with Crippen LogP contribution in [0.3, 0.4) is 0 Å².